The molecule has 0 unspecified atom stereocenters. The van der Waals surface area contributed by atoms with E-state index in [9.17, 15) is 4.79 Å². The number of hydrogen-bond acceptors (Lipinski definition) is 7. The molecule has 1 fully saturated rings. The van der Waals surface area contributed by atoms with Gasteiger partial charge in [-0.05, 0) is 36.5 Å². The van der Waals surface area contributed by atoms with Gasteiger partial charge >= 0.3 is 0 Å². The summed E-state index contributed by atoms with van der Waals surface area (Å²) in [7, 11) is 3.29. The summed E-state index contributed by atoms with van der Waals surface area (Å²) < 4.78 is 21.5. The predicted molar refractivity (Wildman–Crippen MR) is 96.3 cm³/mol. The summed E-state index contributed by atoms with van der Waals surface area (Å²) in [6, 6.07) is 7.24. The number of ether oxygens (including phenoxy) is 3. The quantitative estimate of drug-likeness (QED) is 0.713. The second-order valence-electron chi connectivity index (χ2n) is 6.37. The second-order valence-corrected chi connectivity index (χ2v) is 6.37. The number of H-pyrrole nitrogens is 1. The summed E-state index contributed by atoms with van der Waals surface area (Å²) >= 11 is 0. The maximum Gasteiger partial charge on any atom is 0.280 e. The molecule has 1 N–H and O–H groups in total. The summed E-state index contributed by atoms with van der Waals surface area (Å²) in [5.41, 5.74) is 1.33. The van der Waals surface area contributed by atoms with Crippen LogP contribution in [0.25, 0.3) is 11.5 Å². The molecule has 1 saturated carbocycles. The molecule has 8 heteroatoms. The van der Waals surface area contributed by atoms with Crippen LogP contribution in [0.5, 0.6) is 17.4 Å². The molecule has 2 heterocycles. The van der Waals surface area contributed by atoms with Gasteiger partial charge in [0, 0.05) is 6.07 Å². The van der Waals surface area contributed by atoms with Crippen molar-refractivity contribution in [3.8, 4) is 28.8 Å². The number of methoxy groups -OCH3 is 2. The first-order valence-electron chi connectivity index (χ1n) is 8.55. The van der Waals surface area contributed by atoms with Crippen molar-refractivity contribution in [2.24, 2.45) is 0 Å². The van der Waals surface area contributed by atoms with Gasteiger partial charge in [-0.15, -0.1) is 0 Å². The predicted octanol–water partition coefficient (Wildman–Crippen LogP) is 2.77. The average Bonchev–Trinajstić information content (AvgIpc) is 3.10. The lowest BCUT2D eigenvalue weighted by Crippen LogP contribution is -2.32. The van der Waals surface area contributed by atoms with Crippen molar-refractivity contribution in [1.29, 1.82) is 0 Å². The Kier molecular flexibility index (Phi) is 4.53. The lowest BCUT2D eigenvalue weighted by atomic mass is 9.77. The number of aromatic nitrogens is 3. The minimum Gasteiger partial charge on any atom is -0.497 e. The van der Waals surface area contributed by atoms with Crippen molar-refractivity contribution in [3.63, 3.8) is 0 Å². The van der Waals surface area contributed by atoms with E-state index in [0.29, 0.717) is 23.3 Å². The maximum atomic E-state index is 11.1. The molecular weight excluding hydrogens is 350 g/mol. The fourth-order valence-electron chi connectivity index (χ4n) is 3.08. The Hall–Kier alpha value is -3.29. The Morgan fingerprint density at radius 3 is 2.33 bits per heavy atom. The van der Waals surface area contributed by atoms with E-state index in [0.717, 1.165) is 24.3 Å². The van der Waals surface area contributed by atoms with E-state index >= 15 is 0 Å². The highest BCUT2D eigenvalue weighted by Crippen LogP contribution is 2.41. The molecule has 1 aliphatic carbocycles. The van der Waals surface area contributed by atoms with E-state index in [1.807, 2.05) is 18.2 Å². The normalized spacial score (nSPS) is 18.6. The Morgan fingerprint density at radius 1 is 1.04 bits per heavy atom. The van der Waals surface area contributed by atoms with Crippen LogP contribution in [0, 0.1) is 0 Å². The van der Waals surface area contributed by atoms with Gasteiger partial charge in [0.2, 0.25) is 5.88 Å². The summed E-state index contributed by atoms with van der Waals surface area (Å²) in [6.45, 7) is 0. The lowest BCUT2D eigenvalue weighted by Gasteiger charge is -2.35. The first-order chi connectivity index (χ1) is 13.1. The highest BCUT2D eigenvalue weighted by Gasteiger charge is 2.33. The molecule has 2 aromatic heterocycles. The van der Waals surface area contributed by atoms with Crippen molar-refractivity contribution in [3.05, 3.63) is 52.6 Å². The van der Waals surface area contributed by atoms with Gasteiger partial charge in [0.05, 0.1) is 32.7 Å². The SMILES string of the molecule is COc1cc(OC)cc(C2CC(Oc3cnc(-c4cc(=O)[nH]o4)cn3)C2)c1. The zero-order valence-corrected chi connectivity index (χ0v) is 15.0. The molecule has 0 bridgehead atoms. The summed E-state index contributed by atoms with van der Waals surface area (Å²) in [4.78, 5) is 19.6. The molecule has 3 aromatic rings. The second kappa shape index (κ2) is 7.14. The Balaban J connectivity index is 1.37. The van der Waals surface area contributed by atoms with Crippen molar-refractivity contribution in [2.45, 2.75) is 24.9 Å². The van der Waals surface area contributed by atoms with Crippen molar-refractivity contribution in [2.75, 3.05) is 14.2 Å². The lowest BCUT2D eigenvalue weighted by molar-refractivity contribution is 0.0929. The number of hydrogen-bond donors (Lipinski definition) is 1. The summed E-state index contributed by atoms with van der Waals surface area (Å²) in [5.74, 6) is 2.75. The van der Waals surface area contributed by atoms with Crippen LogP contribution < -0.4 is 19.8 Å². The molecule has 140 valence electrons. The highest BCUT2D eigenvalue weighted by atomic mass is 16.5. The average molecular weight is 369 g/mol. The number of nitrogens with one attached hydrogen (secondary N) is 1. The first-order valence-corrected chi connectivity index (χ1v) is 8.55. The Labute approximate surface area is 155 Å². The fourth-order valence-corrected chi connectivity index (χ4v) is 3.08. The van der Waals surface area contributed by atoms with Crippen molar-refractivity contribution in [1.82, 2.24) is 15.1 Å². The zero-order chi connectivity index (χ0) is 18.8. The standard InChI is InChI=1S/C19H19N3O5/c1-24-13-3-11(4-14(7-13)25-2)12-5-15(6-12)26-19-10-20-16(9-21-19)17-8-18(23)22-27-17/h3-4,7-10,12,15H,5-6H2,1-2H3,(H,22,23). The third kappa shape index (κ3) is 3.64. The minimum absolute atomic E-state index is 0.0811. The topological polar surface area (TPSA) is 99.5 Å². The monoisotopic (exact) mass is 369 g/mol. The molecule has 0 amide bonds. The maximum absolute atomic E-state index is 11.1. The molecule has 27 heavy (non-hydrogen) atoms. The number of rotatable bonds is 6. The van der Waals surface area contributed by atoms with Crippen LogP contribution in [0.3, 0.4) is 0 Å². The molecule has 1 aliphatic rings. The van der Waals surface area contributed by atoms with Gasteiger partial charge in [0.1, 0.15) is 23.3 Å². The van der Waals surface area contributed by atoms with Gasteiger partial charge in [0.15, 0.2) is 5.76 Å². The van der Waals surface area contributed by atoms with Crippen LogP contribution in [0.15, 0.2) is 46.0 Å². The number of aromatic amines is 1. The zero-order valence-electron chi connectivity index (χ0n) is 15.0. The van der Waals surface area contributed by atoms with Crippen LogP contribution in [-0.2, 0) is 0 Å². The summed E-state index contributed by atoms with van der Waals surface area (Å²) in [5, 5.41) is 2.22. The van der Waals surface area contributed by atoms with Crippen LogP contribution in [0.1, 0.15) is 24.3 Å². The third-order valence-corrected chi connectivity index (χ3v) is 4.63. The van der Waals surface area contributed by atoms with Gasteiger partial charge in [-0.2, -0.15) is 5.16 Å². The molecule has 0 aliphatic heterocycles. The molecular formula is C19H19N3O5. The van der Waals surface area contributed by atoms with Crippen molar-refractivity contribution < 1.29 is 18.7 Å². The van der Waals surface area contributed by atoms with Crippen LogP contribution in [-0.4, -0.2) is 35.4 Å². The molecule has 1 aromatic carbocycles. The van der Waals surface area contributed by atoms with Gasteiger partial charge in [-0.3, -0.25) is 4.79 Å². The van der Waals surface area contributed by atoms with Gasteiger partial charge < -0.3 is 18.7 Å². The van der Waals surface area contributed by atoms with E-state index in [4.69, 9.17) is 18.7 Å². The molecule has 0 radical (unpaired) electrons. The van der Waals surface area contributed by atoms with E-state index in [1.165, 1.54) is 24.0 Å². The molecule has 8 nitrogen and oxygen atoms in total. The van der Waals surface area contributed by atoms with E-state index in [2.05, 4.69) is 15.1 Å². The minimum atomic E-state index is -0.318. The smallest absolute Gasteiger partial charge is 0.280 e. The van der Waals surface area contributed by atoms with E-state index < -0.39 is 0 Å². The molecule has 0 spiro atoms. The van der Waals surface area contributed by atoms with Crippen LogP contribution >= 0.6 is 0 Å². The summed E-state index contributed by atoms with van der Waals surface area (Å²) in [6.07, 6.45) is 4.89. The third-order valence-electron chi connectivity index (χ3n) is 4.63. The van der Waals surface area contributed by atoms with Crippen molar-refractivity contribution >= 4 is 0 Å². The highest BCUT2D eigenvalue weighted by molar-refractivity contribution is 5.49. The van der Waals surface area contributed by atoms with E-state index in [-0.39, 0.29) is 11.7 Å². The molecule has 4 rings (SSSR count). The fraction of sp³-hybridized carbons (Fsp3) is 0.316. The Morgan fingerprint density at radius 2 is 1.78 bits per heavy atom. The van der Waals surface area contributed by atoms with Gasteiger partial charge in [0.25, 0.3) is 5.56 Å². The van der Waals surface area contributed by atoms with E-state index in [1.54, 1.807) is 14.2 Å². The van der Waals surface area contributed by atoms with Gasteiger partial charge in [-0.1, -0.05) is 0 Å². The number of nitrogens with zero attached hydrogens (tertiary/aromatic N) is 2. The molecule has 0 atom stereocenters. The largest absolute Gasteiger partial charge is 0.497 e. The first kappa shape index (κ1) is 17.1. The Bertz CT molecular complexity index is 951. The van der Waals surface area contributed by atoms with Crippen LogP contribution in [0.2, 0.25) is 0 Å². The molecule has 0 saturated heterocycles. The van der Waals surface area contributed by atoms with Gasteiger partial charge in [-0.25, -0.2) is 9.97 Å². The van der Waals surface area contributed by atoms with Crippen LogP contribution in [0.4, 0.5) is 0 Å². The number of benzene rings is 1.